The lowest BCUT2D eigenvalue weighted by Crippen LogP contribution is -2.26. The quantitative estimate of drug-likeness (QED) is 0.871. The summed E-state index contributed by atoms with van der Waals surface area (Å²) in [5.41, 5.74) is 3.15. The molecule has 5 nitrogen and oxygen atoms in total. The van der Waals surface area contributed by atoms with Crippen molar-refractivity contribution < 1.29 is 14.3 Å². The molecule has 0 aliphatic carbocycles. The first-order valence-corrected chi connectivity index (χ1v) is 8.68. The maximum atomic E-state index is 11.9. The van der Waals surface area contributed by atoms with E-state index in [0.29, 0.717) is 18.8 Å². The summed E-state index contributed by atoms with van der Waals surface area (Å²) in [5, 5.41) is 2.91. The number of carbonyl (C=O) groups excluding carboxylic acids is 1. The Bertz CT molecular complexity index is 722. The van der Waals surface area contributed by atoms with E-state index in [9.17, 15) is 4.79 Å². The van der Waals surface area contributed by atoms with E-state index in [4.69, 9.17) is 9.47 Å². The van der Waals surface area contributed by atoms with Crippen LogP contribution in [0.2, 0.25) is 0 Å². The average molecular weight is 340 g/mol. The number of ether oxygens (including phenoxy) is 2. The fourth-order valence-electron chi connectivity index (χ4n) is 2.79. The molecule has 0 spiro atoms. The smallest absolute Gasteiger partial charge is 0.222 e. The molecule has 1 aromatic carbocycles. The number of hydrogen-bond donors (Lipinski definition) is 1. The van der Waals surface area contributed by atoms with E-state index < -0.39 is 0 Å². The van der Waals surface area contributed by atoms with E-state index in [2.05, 4.69) is 16.4 Å². The number of carbonyl (C=O) groups is 1. The predicted octanol–water partition coefficient (Wildman–Crippen LogP) is 3.68. The molecule has 1 aliphatic rings. The molecule has 1 fully saturated rings. The first kappa shape index (κ1) is 17.4. The normalized spacial score (nSPS) is 16.6. The summed E-state index contributed by atoms with van der Waals surface area (Å²) < 4.78 is 11.3. The maximum absolute atomic E-state index is 11.9. The van der Waals surface area contributed by atoms with Crippen molar-refractivity contribution in [1.82, 2.24) is 10.3 Å². The third-order valence-corrected chi connectivity index (χ3v) is 4.28. The van der Waals surface area contributed by atoms with Crippen molar-refractivity contribution in [3.05, 3.63) is 53.2 Å². The number of benzene rings is 1. The third kappa shape index (κ3) is 5.03. The van der Waals surface area contributed by atoms with Crippen molar-refractivity contribution in [2.75, 3.05) is 6.61 Å². The minimum atomic E-state index is 0.0163. The van der Waals surface area contributed by atoms with E-state index in [1.165, 1.54) is 0 Å². The molecule has 0 unspecified atom stereocenters. The molecular weight excluding hydrogens is 316 g/mol. The lowest BCUT2D eigenvalue weighted by Gasteiger charge is -2.11. The minimum Gasteiger partial charge on any atom is -0.439 e. The van der Waals surface area contributed by atoms with Gasteiger partial charge in [-0.3, -0.25) is 4.79 Å². The highest BCUT2D eigenvalue weighted by molar-refractivity contribution is 5.76. The van der Waals surface area contributed by atoms with Crippen LogP contribution in [0, 0.1) is 13.8 Å². The summed E-state index contributed by atoms with van der Waals surface area (Å²) in [6.45, 7) is 5.26. The molecule has 1 amide bonds. The van der Waals surface area contributed by atoms with E-state index in [1.54, 1.807) is 6.20 Å². The second-order valence-electron chi connectivity index (χ2n) is 6.49. The van der Waals surface area contributed by atoms with Crippen LogP contribution < -0.4 is 10.1 Å². The monoisotopic (exact) mass is 340 g/mol. The molecule has 3 rings (SSSR count). The zero-order valence-electron chi connectivity index (χ0n) is 14.7. The highest BCUT2D eigenvalue weighted by Crippen LogP contribution is 2.24. The Kier molecular flexibility index (Phi) is 5.66. The largest absolute Gasteiger partial charge is 0.439 e. The number of rotatable bonds is 6. The van der Waals surface area contributed by atoms with Gasteiger partial charge in [-0.1, -0.05) is 18.2 Å². The van der Waals surface area contributed by atoms with Gasteiger partial charge < -0.3 is 14.8 Å². The van der Waals surface area contributed by atoms with Gasteiger partial charge in [0, 0.05) is 25.4 Å². The second kappa shape index (κ2) is 8.12. The van der Waals surface area contributed by atoms with Gasteiger partial charge in [0.2, 0.25) is 11.8 Å². The highest BCUT2D eigenvalue weighted by Gasteiger charge is 2.18. The third-order valence-electron chi connectivity index (χ3n) is 4.28. The molecule has 132 valence electrons. The van der Waals surface area contributed by atoms with Gasteiger partial charge in [-0.25, -0.2) is 4.98 Å². The summed E-state index contributed by atoms with van der Waals surface area (Å²) >= 11 is 0. The molecule has 25 heavy (non-hydrogen) atoms. The number of hydrogen-bond acceptors (Lipinski definition) is 4. The fourth-order valence-corrected chi connectivity index (χ4v) is 2.79. The second-order valence-corrected chi connectivity index (χ2v) is 6.49. The zero-order chi connectivity index (χ0) is 17.6. The lowest BCUT2D eigenvalue weighted by molar-refractivity contribution is -0.123. The maximum Gasteiger partial charge on any atom is 0.222 e. The van der Waals surface area contributed by atoms with Gasteiger partial charge in [-0.05, 0) is 49.4 Å². The molecule has 1 saturated heterocycles. The SMILES string of the molecule is Cc1ccc(C)c(Oc2ccc(CNC(=O)C[C@@H]3CCCO3)cn2)c1. The van der Waals surface area contributed by atoms with E-state index in [1.807, 2.05) is 38.1 Å². The van der Waals surface area contributed by atoms with Crippen LogP contribution in [-0.2, 0) is 16.1 Å². The van der Waals surface area contributed by atoms with E-state index in [-0.39, 0.29) is 12.0 Å². The van der Waals surface area contributed by atoms with Gasteiger partial charge in [0.15, 0.2) is 0 Å². The summed E-state index contributed by atoms with van der Waals surface area (Å²) in [6.07, 6.45) is 4.25. The summed E-state index contributed by atoms with van der Waals surface area (Å²) in [4.78, 5) is 16.2. The van der Waals surface area contributed by atoms with Crippen LogP contribution in [0.4, 0.5) is 0 Å². The van der Waals surface area contributed by atoms with Crippen molar-refractivity contribution in [2.24, 2.45) is 0 Å². The fraction of sp³-hybridized carbons (Fsp3) is 0.400. The first-order valence-electron chi connectivity index (χ1n) is 8.68. The van der Waals surface area contributed by atoms with Crippen LogP contribution in [0.3, 0.4) is 0 Å². The van der Waals surface area contributed by atoms with Crippen LogP contribution in [0.1, 0.15) is 36.0 Å². The lowest BCUT2D eigenvalue weighted by atomic mass is 10.1. The van der Waals surface area contributed by atoms with Crippen LogP contribution in [0.5, 0.6) is 11.6 Å². The Balaban J connectivity index is 1.51. The van der Waals surface area contributed by atoms with Gasteiger partial charge in [0.25, 0.3) is 0 Å². The highest BCUT2D eigenvalue weighted by atomic mass is 16.5. The van der Waals surface area contributed by atoms with E-state index >= 15 is 0 Å². The molecule has 1 aliphatic heterocycles. The molecule has 1 N–H and O–H groups in total. The molecule has 2 aromatic rings. The van der Waals surface area contributed by atoms with Crippen molar-refractivity contribution >= 4 is 5.91 Å². The predicted molar refractivity (Wildman–Crippen MR) is 95.7 cm³/mol. The van der Waals surface area contributed by atoms with Crippen LogP contribution >= 0.6 is 0 Å². The summed E-state index contributed by atoms with van der Waals surface area (Å²) in [7, 11) is 0. The Labute approximate surface area is 148 Å². The van der Waals surface area contributed by atoms with Gasteiger partial charge in [0.1, 0.15) is 5.75 Å². The molecule has 0 radical (unpaired) electrons. The molecule has 0 saturated carbocycles. The number of amides is 1. The van der Waals surface area contributed by atoms with Crippen molar-refractivity contribution in [3.63, 3.8) is 0 Å². The van der Waals surface area contributed by atoms with Gasteiger partial charge in [-0.2, -0.15) is 0 Å². The zero-order valence-corrected chi connectivity index (χ0v) is 14.7. The number of aromatic nitrogens is 1. The number of nitrogens with one attached hydrogen (secondary N) is 1. The van der Waals surface area contributed by atoms with Gasteiger partial charge in [0.05, 0.1) is 12.5 Å². The number of nitrogens with zero attached hydrogens (tertiary/aromatic N) is 1. The molecule has 1 atom stereocenters. The molecule has 0 bridgehead atoms. The first-order chi connectivity index (χ1) is 12.1. The molecule has 1 aromatic heterocycles. The van der Waals surface area contributed by atoms with Gasteiger partial charge >= 0.3 is 0 Å². The van der Waals surface area contributed by atoms with Crippen LogP contribution in [0.15, 0.2) is 36.5 Å². The number of aryl methyl sites for hydroxylation is 2. The average Bonchev–Trinajstić information content (AvgIpc) is 3.10. The van der Waals surface area contributed by atoms with Crippen LogP contribution in [0.25, 0.3) is 0 Å². The Morgan fingerprint density at radius 2 is 2.20 bits per heavy atom. The molecule has 2 heterocycles. The van der Waals surface area contributed by atoms with Crippen molar-refractivity contribution in [1.29, 1.82) is 0 Å². The Morgan fingerprint density at radius 3 is 2.92 bits per heavy atom. The van der Waals surface area contributed by atoms with Gasteiger partial charge in [-0.15, -0.1) is 0 Å². The summed E-state index contributed by atoms with van der Waals surface area (Å²) in [5.74, 6) is 1.37. The van der Waals surface area contributed by atoms with Crippen LogP contribution in [-0.4, -0.2) is 23.6 Å². The standard InChI is InChI=1S/C20H24N2O3/c1-14-5-6-15(2)18(10-14)25-20-8-7-16(13-22-20)12-21-19(23)11-17-4-3-9-24-17/h5-8,10,13,17H,3-4,9,11-12H2,1-2H3,(H,21,23)/t17-/m0/s1. The summed E-state index contributed by atoms with van der Waals surface area (Å²) in [6, 6.07) is 9.82. The molecule has 5 heteroatoms. The number of pyridine rings is 1. The minimum absolute atomic E-state index is 0.0163. The van der Waals surface area contributed by atoms with Crippen molar-refractivity contribution in [2.45, 2.75) is 45.8 Å². The van der Waals surface area contributed by atoms with Crippen molar-refractivity contribution in [3.8, 4) is 11.6 Å². The Morgan fingerprint density at radius 1 is 1.32 bits per heavy atom. The molecular formula is C20H24N2O3. The van der Waals surface area contributed by atoms with E-state index in [0.717, 1.165) is 41.9 Å². The Hall–Kier alpha value is -2.40. The topological polar surface area (TPSA) is 60.5 Å².